The summed E-state index contributed by atoms with van der Waals surface area (Å²) in [4.78, 5) is 11.5. The zero-order valence-corrected chi connectivity index (χ0v) is 10.6. The molecule has 100 valence electrons. The van der Waals surface area contributed by atoms with Gasteiger partial charge in [-0.2, -0.15) is 0 Å². The van der Waals surface area contributed by atoms with Crippen molar-refractivity contribution in [3.63, 3.8) is 0 Å². The first-order valence-electron chi connectivity index (χ1n) is 4.94. The second-order valence-corrected chi connectivity index (χ2v) is 3.89. The first-order valence-corrected chi connectivity index (χ1v) is 4.94. The van der Waals surface area contributed by atoms with E-state index in [0.29, 0.717) is 0 Å². The number of guanidine groups is 2. The van der Waals surface area contributed by atoms with Gasteiger partial charge in [-0.1, -0.05) is 13.8 Å². The van der Waals surface area contributed by atoms with Crippen molar-refractivity contribution in [2.45, 2.75) is 19.9 Å². The van der Waals surface area contributed by atoms with Crippen molar-refractivity contribution in [1.29, 1.82) is 10.8 Å². The molecule has 0 aliphatic rings. The van der Waals surface area contributed by atoms with E-state index in [1.54, 1.807) is 27.9 Å². The van der Waals surface area contributed by atoms with E-state index in [1.165, 1.54) is 4.90 Å². The quantitative estimate of drug-likeness (QED) is 0.272. The van der Waals surface area contributed by atoms with Crippen LogP contribution in [0.25, 0.3) is 0 Å². The number of nitrogens with zero attached hydrogens (tertiary/aromatic N) is 1. The van der Waals surface area contributed by atoms with Crippen LogP contribution < -0.4 is 16.8 Å². The van der Waals surface area contributed by atoms with Gasteiger partial charge < -0.3 is 21.5 Å². The lowest BCUT2D eigenvalue weighted by Crippen LogP contribution is -2.42. The number of carboxylic acid groups (broad SMARTS) is 1. The van der Waals surface area contributed by atoms with Crippen molar-refractivity contribution in [2.75, 3.05) is 14.1 Å². The number of aliphatic carboxylic acids is 1. The smallest absolute Gasteiger partial charge is 0.320 e. The molecule has 0 aromatic rings. The minimum atomic E-state index is -0.931. The predicted octanol–water partition coefficient (Wildman–Crippen LogP) is -0.980. The Balaban J connectivity index is 0. The number of hydrogen-bond acceptors (Lipinski definition) is 4. The molecule has 8 heteroatoms. The molecule has 0 heterocycles. The van der Waals surface area contributed by atoms with E-state index in [-0.39, 0.29) is 17.8 Å². The minimum Gasteiger partial charge on any atom is -0.480 e. The second-order valence-electron chi connectivity index (χ2n) is 3.89. The van der Waals surface area contributed by atoms with E-state index >= 15 is 0 Å². The van der Waals surface area contributed by atoms with E-state index in [2.05, 4.69) is 5.32 Å². The average Bonchev–Trinajstić information content (AvgIpc) is 2.15. The van der Waals surface area contributed by atoms with Crippen molar-refractivity contribution in [2.24, 2.45) is 17.4 Å². The van der Waals surface area contributed by atoms with Gasteiger partial charge in [0, 0.05) is 14.1 Å². The van der Waals surface area contributed by atoms with Crippen LogP contribution in [0.4, 0.5) is 0 Å². The maximum atomic E-state index is 10.0. The summed E-state index contributed by atoms with van der Waals surface area (Å²) in [5.74, 6) is -1.01. The standard InChI is InChI=1S/C5H11NO2.C4H11N5/c1-3(2)4(6)5(7)8;1-9(2)4(7)8-3(5)6/h3-4H,6H2,1-2H3,(H,7,8);1-2H3,(H5,5,6,7,8). The van der Waals surface area contributed by atoms with Crippen molar-refractivity contribution in [3.8, 4) is 0 Å². The molecule has 1 unspecified atom stereocenters. The van der Waals surface area contributed by atoms with Gasteiger partial charge in [-0.15, -0.1) is 0 Å². The van der Waals surface area contributed by atoms with Crippen molar-refractivity contribution >= 4 is 17.9 Å². The van der Waals surface area contributed by atoms with Crippen LogP contribution in [0.3, 0.4) is 0 Å². The largest absolute Gasteiger partial charge is 0.480 e. The van der Waals surface area contributed by atoms with Gasteiger partial charge in [0.05, 0.1) is 0 Å². The van der Waals surface area contributed by atoms with Crippen LogP contribution in [0.15, 0.2) is 0 Å². The number of rotatable bonds is 2. The van der Waals surface area contributed by atoms with E-state index in [4.69, 9.17) is 27.4 Å². The summed E-state index contributed by atoms with van der Waals surface area (Å²) in [5, 5.41) is 24.3. The SMILES string of the molecule is CC(C)C(N)C(=O)O.CN(C)C(=N)NC(=N)N. The van der Waals surface area contributed by atoms with Crippen LogP contribution in [0, 0.1) is 16.7 Å². The van der Waals surface area contributed by atoms with Crippen molar-refractivity contribution in [1.82, 2.24) is 10.2 Å². The third kappa shape index (κ3) is 10.5. The zero-order chi connectivity index (χ0) is 14.2. The monoisotopic (exact) mass is 246 g/mol. The highest BCUT2D eigenvalue weighted by Crippen LogP contribution is 1.96. The van der Waals surface area contributed by atoms with Gasteiger partial charge in [-0.05, 0) is 5.92 Å². The molecule has 0 aromatic heterocycles. The Hall–Kier alpha value is -1.83. The molecule has 0 saturated heterocycles. The lowest BCUT2D eigenvalue weighted by atomic mass is 10.1. The average molecular weight is 246 g/mol. The lowest BCUT2D eigenvalue weighted by molar-refractivity contribution is -0.139. The highest BCUT2D eigenvalue weighted by atomic mass is 16.4. The molecule has 17 heavy (non-hydrogen) atoms. The van der Waals surface area contributed by atoms with E-state index in [9.17, 15) is 4.79 Å². The highest BCUT2D eigenvalue weighted by molar-refractivity contribution is 5.94. The fourth-order valence-corrected chi connectivity index (χ4v) is 0.525. The molecule has 0 aliphatic carbocycles. The van der Waals surface area contributed by atoms with Gasteiger partial charge in [-0.3, -0.25) is 20.9 Å². The molecule has 0 spiro atoms. The van der Waals surface area contributed by atoms with E-state index in [1.807, 2.05) is 0 Å². The molecular formula is C9H22N6O2. The summed E-state index contributed by atoms with van der Waals surface area (Å²) in [6.45, 7) is 3.55. The van der Waals surface area contributed by atoms with Crippen LogP contribution >= 0.6 is 0 Å². The normalized spacial score (nSPS) is 10.9. The number of carboxylic acids is 1. The molecule has 0 bridgehead atoms. The summed E-state index contributed by atoms with van der Waals surface area (Å²) in [7, 11) is 3.39. The summed E-state index contributed by atoms with van der Waals surface area (Å²) in [6, 6.07) is -0.713. The molecule has 0 saturated carbocycles. The number of nitrogens with two attached hydrogens (primary N) is 2. The molecule has 8 N–H and O–H groups in total. The summed E-state index contributed by atoms with van der Waals surface area (Å²) < 4.78 is 0. The Bertz CT molecular complexity index is 277. The molecule has 0 radical (unpaired) electrons. The van der Waals surface area contributed by atoms with Crippen molar-refractivity contribution in [3.05, 3.63) is 0 Å². The first-order chi connectivity index (χ1) is 7.59. The van der Waals surface area contributed by atoms with Crippen LogP contribution in [-0.4, -0.2) is 48.0 Å². The molecule has 0 aromatic carbocycles. The molecular weight excluding hydrogens is 224 g/mol. The zero-order valence-electron chi connectivity index (χ0n) is 10.6. The Kier molecular flexibility index (Phi) is 8.61. The lowest BCUT2D eigenvalue weighted by Gasteiger charge is -2.13. The van der Waals surface area contributed by atoms with Gasteiger partial charge in [0.1, 0.15) is 6.04 Å². The minimum absolute atomic E-state index is 0.0208. The number of nitrogens with one attached hydrogen (secondary N) is 3. The van der Waals surface area contributed by atoms with E-state index in [0.717, 1.165) is 0 Å². The van der Waals surface area contributed by atoms with Crippen LogP contribution in [0.5, 0.6) is 0 Å². The van der Waals surface area contributed by atoms with Crippen LogP contribution in [-0.2, 0) is 4.79 Å². The van der Waals surface area contributed by atoms with Gasteiger partial charge in [0.2, 0.25) is 0 Å². The Morgan fingerprint density at radius 2 is 1.76 bits per heavy atom. The van der Waals surface area contributed by atoms with Gasteiger partial charge in [0.15, 0.2) is 11.9 Å². The summed E-state index contributed by atoms with van der Waals surface area (Å²) in [5.41, 5.74) is 10.1. The topological polar surface area (TPSA) is 152 Å². The third-order valence-electron chi connectivity index (χ3n) is 1.70. The third-order valence-corrected chi connectivity index (χ3v) is 1.70. The Morgan fingerprint density at radius 1 is 1.35 bits per heavy atom. The summed E-state index contributed by atoms with van der Waals surface area (Å²) >= 11 is 0. The Labute approximate surface area is 101 Å². The van der Waals surface area contributed by atoms with Gasteiger partial charge in [-0.25, -0.2) is 0 Å². The maximum absolute atomic E-state index is 10.0. The molecule has 0 rings (SSSR count). The van der Waals surface area contributed by atoms with Crippen molar-refractivity contribution < 1.29 is 9.90 Å². The Morgan fingerprint density at radius 3 is 1.82 bits per heavy atom. The van der Waals surface area contributed by atoms with Gasteiger partial charge >= 0.3 is 5.97 Å². The highest BCUT2D eigenvalue weighted by Gasteiger charge is 2.14. The fourth-order valence-electron chi connectivity index (χ4n) is 0.525. The first kappa shape index (κ1) is 17.6. The predicted molar refractivity (Wildman–Crippen MR) is 66.9 cm³/mol. The maximum Gasteiger partial charge on any atom is 0.320 e. The summed E-state index contributed by atoms with van der Waals surface area (Å²) in [6.07, 6.45) is 0. The molecule has 0 amide bonds. The molecule has 1 atom stereocenters. The fraction of sp³-hybridized carbons (Fsp3) is 0.667. The van der Waals surface area contributed by atoms with Gasteiger partial charge in [0.25, 0.3) is 0 Å². The van der Waals surface area contributed by atoms with Crippen LogP contribution in [0.1, 0.15) is 13.8 Å². The molecule has 0 fully saturated rings. The van der Waals surface area contributed by atoms with E-state index < -0.39 is 12.0 Å². The molecule has 8 nitrogen and oxygen atoms in total. The number of hydrogen-bond donors (Lipinski definition) is 6. The number of carbonyl (C=O) groups is 1. The van der Waals surface area contributed by atoms with Crippen LogP contribution in [0.2, 0.25) is 0 Å². The molecule has 0 aliphatic heterocycles. The second kappa shape index (κ2) is 8.34.